The van der Waals surface area contributed by atoms with Gasteiger partial charge in [0, 0.05) is 37.1 Å². The first kappa shape index (κ1) is 15.8. The van der Waals surface area contributed by atoms with E-state index in [-0.39, 0.29) is 10.9 Å². The van der Waals surface area contributed by atoms with Gasteiger partial charge in [-0.2, -0.15) is 0 Å². The van der Waals surface area contributed by atoms with Crippen LogP contribution in [0.4, 0.5) is 0 Å². The van der Waals surface area contributed by atoms with Gasteiger partial charge in [0.15, 0.2) is 0 Å². The lowest BCUT2D eigenvalue weighted by Gasteiger charge is -2.27. The molecule has 0 radical (unpaired) electrons. The number of fused-ring (bicyclic) bond motifs is 3. The Bertz CT molecular complexity index is 787. The van der Waals surface area contributed by atoms with Gasteiger partial charge in [0.25, 0.3) is 5.56 Å². The molecule has 1 unspecified atom stereocenters. The second-order valence-corrected chi connectivity index (χ2v) is 8.20. The van der Waals surface area contributed by atoms with Crippen molar-refractivity contribution >= 4 is 17.3 Å². The van der Waals surface area contributed by atoms with E-state index in [0.29, 0.717) is 6.04 Å². The fourth-order valence-electron chi connectivity index (χ4n) is 3.93. The first-order valence-corrected chi connectivity index (χ1v) is 9.58. The Kier molecular flexibility index (Phi) is 3.95. The third-order valence-corrected chi connectivity index (χ3v) is 6.34. The molecule has 0 spiro atoms. The van der Waals surface area contributed by atoms with Gasteiger partial charge in [-0.1, -0.05) is 31.0 Å². The lowest BCUT2D eigenvalue weighted by Crippen LogP contribution is -2.30. The summed E-state index contributed by atoms with van der Waals surface area (Å²) in [5.41, 5.74) is 4.40. The van der Waals surface area contributed by atoms with E-state index in [0.717, 1.165) is 40.4 Å². The predicted octanol–water partition coefficient (Wildman–Crippen LogP) is 2.96. The molecule has 1 aliphatic carbocycles. The van der Waals surface area contributed by atoms with Crippen molar-refractivity contribution in [3.63, 3.8) is 0 Å². The van der Waals surface area contributed by atoms with Crippen LogP contribution in [0.5, 0.6) is 0 Å². The molecular formula is C18H24N4OS. The van der Waals surface area contributed by atoms with Gasteiger partial charge in [-0.15, -0.1) is 0 Å². The van der Waals surface area contributed by atoms with Crippen LogP contribution in [0.1, 0.15) is 50.8 Å². The van der Waals surface area contributed by atoms with Crippen LogP contribution < -0.4 is 10.9 Å². The Morgan fingerprint density at radius 1 is 1.29 bits per heavy atom. The number of dihydropyridines is 1. The predicted molar refractivity (Wildman–Crippen MR) is 97.8 cm³/mol. The van der Waals surface area contributed by atoms with E-state index in [9.17, 15) is 4.79 Å². The van der Waals surface area contributed by atoms with Crippen molar-refractivity contribution in [2.24, 2.45) is 0 Å². The smallest absolute Gasteiger partial charge is 0.267 e. The van der Waals surface area contributed by atoms with Gasteiger partial charge in [0.05, 0.1) is 12.0 Å². The number of hydrogen-bond acceptors (Lipinski definition) is 5. The summed E-state index contributed by atoms with van der Waals surface area (Å²) in [4.78, 5) is 20.7. The normalized spacial score (nSPS) is 23.5. The number of likely N-dealkylation sites (N-methyl/N-ethyl adjacent to an activating group) is 1. The molecule has 1 aromatic heterocycles. The Labute approximate surface area is 146 Å². The Balaban J connectivity index is 1.81. The number of aromatic nitrogens is 2. The molecule has 1 aromatic rings. The van der Waals surface area contributed by atoms with E-state index in [1.54, 1.807) is 18.1 Å². The van der Waals surface area contributed by atoms with E-state index in [2.05, 4.69) is 23.2 Å². The molecule has 1 fully saturated rings. The van der Waals surface area contributed by atoms with Crippen LogP contribution in [0.3, 0.4) is 0 Å². The highest BCUT2D eigenvalue weighted by atomic mass is 32.2. The maximum absolute atomic E-state index is 13.1. The van der Waals surface area contributed by atoms with Crippen LogP contribution >= 0.6 is 11.8 Å². The van der Waals surface area contributed by atoms with Gasteiger partial charge < -0.3 is 10.2 Å². The summed E-state index contributed by atoms with van der Waals surface area (Å²) in [6.07, 6.45) is 9.82. The molecule has 24 heavy (non-hydrogen) atoms. The minimum Gasteiger partial charge on any atom is -0.377 e. The number of thioether (sulfide) groups is 1. The summed E-state index contributed by atoms with van der Waals surface area (Å²) < 4.78 is 1.89. The highest BCUT2D eigenvalue weighted by molar-refractivity contribution is 8.00. The van der Waals surface area contributed by atoms with E-state index in [1.807, 2.05) is 18.7 Å². The topological polar surface area (TPSA) is 50.2 Å². The van der Waals surface area contributed by atoms with Gasteiger partial charge in [0.2, 0.25) is 0 Å². The quantitative estimate of drug-likeness (QED) is 0.894. The van der Waals surface area contributed by atoms with Crippen LogP contribution in [0, 0.1) is 0 Å². The van der Waals surface area contributed by atoms with Gasteiger partial charge in [-0.3, -0.25) is 9.36 Å². The molecular weight excluding hydrogens is 320 g/mol. The van der Waals surface area contributed by atoms with E-state index >= 15 is 0 Å². The molecule has 0 saturated heterocycles. The first-order valence-electron chi connectivity index (χ1n) is 8.70. The molecule has 3 heterocycles. The average molecular weight is 344 g/mol. The van der Waals surface area contributed by atoms with Crippen LogP contribution in [0.15, 0.2) is 33.5 Å². The summed E-state index contributed by atoms with van der Waals surface area (Å²) in [6.45, 7) is 2.07. The molecule has 1 N–H and O–H groups in total. The zero-order valence-corrected chi connectivity index (χ0v) is 15.3. The molecule has 2 aliphatic heterocycles. The second kappa shape index (κ2) is 5.99. The van der Waals surface area contributed by atoms with Gasteiger partial charge in [0.1, 0.15) is 10.3 Å². The Morgan fingerprint density at radius 3 is 2.75 bits per heavy atom. The number of rotatable bonds is 2. The summed E-state index contributed by atoms with van der Waals surface area (Å²) in [7, 11) is 4.08. The molecule has 0 amide bonds. The first-order chi connectivity index (χ1) is 11.6. The van der Waals surface area contributed by atoms with E-state index in [4.69, 9.17) is 4.98 Å². The van der Waals surface area contributed by atoms with Crippen molar-refractivity contribution in [1.29, 1.82) is 0 Å². The van der Waals surface area contributed by atoms with E-state index < -0.39 is 0 Å². The molecule has 5 nitrogen and oxygen atoms in total. The van der Waals surface area contributed by atoms with Crippen molar-refractivity contribution < 1.29 is 0 Å². The fraction of sp³-hybridized carbons (Fsp3) is 0.556. The van der Waals surface area contributed by atoms with Crippen LogP contribution in [0.2, 0.25) is 0 Å². The third kappa shape index (κ3) is 2.48. The van der Waals surface area contributed by atoms with Crippen LogP contribution in [-0.4, -0.2) is 33.9 Å². The fourth-order valence-corrected chi connectivity index (χ4v) is 5.24. The number of allylic oxidation sites excluding steroid dienone is 2. The molecule has 1 saturated carbocycles. The summed E-state index contributed by atoms with van der Waals surface area (Å²) >= 11 is 1.62. The third-order valence-electron chi connectivity index (χ3n) is 5.15. The van der Waals surface area contributed by atoms with Crippen molar-refractivity contribution in [3.05, 3.63) is 39.8 Å². The minimum absolute atomic E-state index is 0.0878. The van der Waals surface area contributed by atoms with Crippen molar-refractivity contribution in [2.75, 3.05) is 14.1 Å². The second-order valence-electron chi connectivity index (χ2n) is 7.09. The lowest BCUT2D eigenvalue weighted by molar-refractivity contribution is 0.341. The maximum Gasteiger partial charge on any atom is 0.267 e. The van der Waals surface area contributed by atoms with Crippen molar-refractivity contribution in [2.45, 2.75) is 55.3 Å². The number of nitrogens with one attached hydrogen (secondary N) is 1. The molecule has 3 aliphatic rings. The van der Waals surface area contributed by atoms with Gasteiger partial charge in [-0.05, 0) is 25.8 Å². The lowest BCUT2D eigenvalue weighted by atomic mass is 9.95. The zero-order valence-electron chi connectivity index (χ0n) is 14.5. The van der Waals surface area contributed by atoms with Gasteiger partial charge in [-0.25, -0.2) is 4.98 Å². The molecule has 1 atom stereocenters. The van der Waals surface area contributed by atoms with Crippen molar-refractivity contribution in [1.82, 2.24) is 19.8 Å². The largest absolute Gasteiger partial charge is 0.377 e. The minimum atomic E-state index is 0.0878. The Morgan fingerprint density at radius 2 is 2.04 bits per heavy atom. The summed E-state index contributed by atoms with van der Waals surface area (Å²) in [6, 6.07) is 0.322. The molecule has 0 aromatic carbocycles. The van der Waals surface area contributed by atoms with Crippen LogP contribution in [-0.2, 0) is 0 Å². The summed E-state index contributed by atoms with van der Waals surface area (Å²) in [5.74, 6) is 0. The summed E-state index contributed by atoms with van der Waals surface area (Å²) in [5, 5.41) is 3.58. The SMILES string of the molecule is CC1=CC(N(C)C)=C2c3ncn(C4CCCCC4)c(=O)c3SC2N1. The van der Waals surface area contributed by atoms with Gasteiger partial charge >= 0.3 is 0 Å². The average Bonchev–Trinajstić information content (AvgIpc) is 2.94. The van der Waals surface area contributed by atoms with Crippen molar-refractivity contribution in [3.8, 4) is 0 Å². The standard InChI is InChI=1S/C18H24N4OS/c1-11-9-13(21(2)3)14-15-16(24-17(14)20-11)18(23)22(10-19-15)12-7-5-4-6-8-12/h9-10,12,17,20H,4-8H2,1-3H3. The molecule has 0 bridgehead atoms. The maximum atomic E-state index is 13.1. The molecule has 128 valence electrons. The number of nitrogens with zero attached hydrogens (tertiary/aromatic N) is 3. The number of hydrogen-bond donors (Lipinski definition) is 1. The van der Waals surface area contributed by atoms with Crippen LogP contribution in [0.25, 0.3) is 5.57 Å². The Hall–Kier alpha value is -1.69. The highest BCUT2D eigenvalue weighted by Gasteiger charge is 2.37. The molecule has 6 heteroatoms. The highest BCUT2D eigenvalue weighted by Crippen LogP contribution is 2.45. The zero-order chi connectivity index (χ0) is 16.8. The van der Waals surface area contributed by atoms with E-state index in [1.165, 1.54) is 19.3 Å². The monoisotopic (exact) mass is 344 g/mol. The molecule has 4 rings (SSSR count).